The standard InChI is InChI=1S/2C2H6.C2H4.CH4/c3*1-2;/h2*1-2H3;1-2H2;1H4. The summed E-state index contributed by atoms with van der Waals surface area (Å²) in [6.45, 7) is 14.0. The summed E-state index contributed by atoms with van der Waals surface area (Å²) < 4.78 is 0. The Morgan fingerprint density at radius 3 is 0.714 bits per heavy atom. The molecule has 0 rings (SSSR count). The van der Waals surface area contributed by atoms with Crippen LogP contribution in [0.25, 0.3) is 0 Å². The maximum Gasteiger partial charge on any atom is -0.0683 e. The molecular formula is C7H20. The first-order valence-electron chi connectivity index (χ1n) is 2.50. The molecule has 0 aliphatic carbocycles. The van der Waals surface area contributed by atoms with Gasteiger partial charge in [-0.3, -0.25) is 0 Å². The second kappa shape index (κ2) is 1910. The van der Waals surface area contributed by atoms with Crippen LogP contribution in [0, 0.1) is 0 Å². The van der Waals surface area contributed by atoms with Gasteiger partial charge in [0.15, 0.2) is 0 Å². The van der Waals surface area contributed by atoms with E-state index < -0.39 is 0 Å². The summed E-state index contributed by atoms with van der Waals surface area (Å²) in [5.74, 6) is 0. The highest BCUT2D eigenvalue weighted by molar-refractivity contribution is 4.22. The van der Waals surface area contributed by atoms with Crippen LogP contribution in [-0.4, -0.2) is 0 Å². The van der Waals surface area contributed by atoms with E-state index in [0.29, 0.717) is 0 Å². The zero-order valence-electron chi connectivity index (χ0n) is 5.41. The largest absolute Gasteiger partial charge is 0.106 e. The van der Waals surface area contributed by atoms with E-state index in [4.69, 9.17) is 0 Å². The van der Waals surface area contributed by atoms with Gasteiger partial charge in [-0.2, -0.15) is 0 Å². The predicted octanol–water partition coefficient (Wildman–Crippen LogP) is 3.49. The van der Waals surface area contributed by atoms with E-state index >= 15 is 0 Å². The van der Waals surface area contributed by atoms with E-state index in [9.17, 15) is 0 Å². The molecule has 0 unspecified atom stereocenters. The lowest BCUT2D eigenvalue weighted by Gasteiger charge is -1.07. The summed E-state index contributed by atoms with van der Waals surface area (Å²) in [6.07, 6.45) is 0. The van der Waals surface area contributed by atoms with Crippen LogP contribution in [0.15, 0.2) is 13.2 Å². The Bertz CT molecular complexity index is 0. The van der Waals surface area contributed by atoms with Gasteiger partial charge >= 0.3 is 0 Å². The molecule has 0 aromatic rings. The first-order valence-corrected chi connectivity index (χ1v) is 2.50. The Hall–Kier alpha value is -0.260. The fourth-order valence-corrected chi connectivity index (χ4v) is 0. The van der Waals surface area contributed by atoms with E-state index in [1.807, 2.05) is 27.7 Å². The molecule has 0 amide bonds. The minimum absolute atomic E-state index is 0. The summed E-state index contributed by atoms with van der Waals surface area (Å²) in [4.78, 5) is 0. The van der Waals surface area contributed by atoms with Gasteiger partial charge in [0.25, 0.3) is 0 Å². The summed E-state index contributed by atoms with van der Waals surface area (Å²) in [5.41, 5.74) is 0. The molecular weight excluding hydrogens is 84.1 g/mol. The SMILES string of the molecule is C.C=C.CC.CC. The van der Waals surface area contributed by atoms with Gasteiger partial charge in [0, 0.05) is 0 Å². The van der Waals surface area contributed by atoms with Gasteiger partial charge in [-0.05, 0) is 0 Å². The minimum atomic E-state index is 0. The van der Waals surface area contributed by atoms with Crippen molar-refractivity contribution in [1.82, 2.24) is 0 Å². The van der Waals surface area contributed by atoms with E-state index in [2.05, 4.69) is 13.2 Å². The molecule has 0 heterocycles. The van der Waals surface area contributed by atoms with Crippen molar-refractivity contribution in [2.45, 2.75) is 35.1 Å². The Balaban J connectivity index is -0.00000000900. The summed E-state index contributed by atoms with van der Waals surface area (Å²) in [6, 6.07) is 0. The Labute approximate surface area is 49.3 Å². The number of hydrogen-bond acceptors (Lipinski definition) is 0. The predicted molar refractivity (Wildman–Crippen MR) is 40.7 cm³/mol. The highest BCUT2D eigenvalue weighted by Crippen LogP contribution is 1.15. The molecule has 0 aliphatic rings. The van der Waals surface area contributed by atoms with Crippen molar-refractivity contribution in [3.63, 3.8) is 0 Å². The molecule has 0 saturated carbocycles. The van der Waals surface area contributed by atoms with E-state index in [0.717, 1.165) is 0 Å². The van der Waals surface area contributed by atoms with Gasteiger partial charge in [-0.15, -0.1) is 13.2 Å². The quantitative estimate of drug-likeness (QED) is 0.413. The minimum Gasteiger partial charge on any atom is -0.106 e. The fraction of sp³-hybridized carbons (Fsp3) is 0.714. The molecule has 0 spiro atoms. The molecule has 0 fully saturated rings. The summed E-state index contributed by atoms with van der Waals surface area (Å²) in [5, 5.41) is 0. The van der Waals surface area contributed by atoms with Gasteiger partial charge in [-0.1, -0.05) is 35.1 Å². The molecule has 0 aromatic carbocycles. The maximum absolute atomic E-state index is 3.00. The van der Waals surface area contributed by atoms with Crippen molar-refractivity contribution >= 4 is 0 Å². The van der Waals surface area contributed by atoms with Crippen LogP contribution in [0.4, 0.5) is 0 Å². The second-order valence-electron chi connectivity index (χ2n) is 0. The first-order chi connectivity index (χ1) is 3.00. The summed E-state index contributed by atoms with van der Waals surface area (Å²) >= 11 is 0. The lowest BCUT2D eigenvalue weighted by atomic mass is 11.0. The molecule has 0 radical (unpaired) electrons. The number of rotatable bonds is 0. The lowest BCUT2D eigenvalue weighted by molar-refractivity contribution is 1.50. The van der Waals surface area contributed by atoms with Crippen molar-refractivity contribution in [2.24, 2.45) is 0 Å². The van der Waals surface area contributed by atoms with Crippen LogP contribution < -0.4 is 0 Å². The van der Waals surface area contributed by atoms with Crippen LogP contribution in [0.2, 0.25) is 0 Å². The third kappa shape index (κ3) is 1190. The maximum atomic E-state index is 3.00. The third-order valence-corrected chi connectivity index (χ3v) is 0. The molecule has 48 valence electrons. The first kappa shape index (κ1) is 29.6. The molecule has 0 bridgehead atoms. The van der Waals surface area contributed by atoms with Gasteiger partial charge in [0.1, 0.15) is 0 Å². The fourth-order valence-electron chi connectivity index (χ4n) is 0. The van der Waals surface area contributed by atoms with Crippen LogP contribution in [-0.2, 0) is 0 Å². The normalized spacial score (nSPS) is 2.29. The van der Waals surface area contributed by atoms with Crippen molar-refractivity contribution < 1.29 is 0 Å². The van der Waals surface area contributed by atoms with Crippen LogP contribution in [0.5, 0.6) is 0 Å². The van der Waals surface area contributed by atoms with Crippen LogP contribution in [0.3, 0.4) is 0 Å². The van der Waals surface area contributed by atoms with Crippen molar-refractivity contribution in [3.8, 4) is 0 Å². The molecule has 0 saturated heterocycles. The molecule has 7 heavy (non-hydrogen) atoms. The van der Waals surface area contributed by atoms with Crippen LogP contribution in [0.1, 0.15) is 35.1 Å². The van der Waals surface area contributed by atoms with Crippen molar-refractivity contribution in [1.29, 1.82) is 0 Å². The highest BCUT2D eigenvalue weighted by atomic mass is 13.0. The topological polar surface area (TPSA) is 0 Å². The molecule has 0 aromatic heterocycles. The smallest absolute Gasteiger partial charge is 0.0683 e. The van der Waals surface area contributed by atoms with Gasteiger partial charge in [0.2, 0.25) is 0 Å². The summed E-state index contributed by atoms with van der Waals surface area (Å²) in [7, 11) is 0. The van der Waals surface area contributed by atoms with Gasteiger partial charge in [0.05, 0.1) is 0 Å². The monoisotopic (exact) mass is 104 g/mol. The number of hydrogen-bond donors (Lipinski definition) is 0. The van der Waals surface area contributed by atoms with E-state index in [1.165, 1.54) is 0 Å². The molecule has 0 heteroatoms. The Morgan fingerprint density at radius 1 is 0.714 bits per heavy atom. The zero-order valence-corrected chi connectivity index (χ0v) is 5.41. The van der Waals surface area contributed by atoms with E-state index in [1.54, 1.807) is 0 Å². The Morgan fingerprint density at radius 2 is 0.714 bits per heavy atom. The average molecular weight is 104 g/mol. The molecule has 0 nitrogen and oxygen atoms in total. The highest BCUT2D eigenvalue weighted by Gasteiger charge is 0.934. The van der Waals surface area contributed by atoms with Crippen molar-refractivity contribution in [3.05, 3.63) is 13.2 Å². The van der Waals surface area contributed by atoms with E-state index in [-0.39, 0.29) is 7.43 Å². The molecule has 0 N–H and O–H groups in total. The third-order valence-electron chi connectivity index (χ3n) is 0. The van der Waals surface area contributed by atoms with Gasteiger partial charge < -0.3 is 0 Å². The zero-order chi connectivity index (χ0) is 6.00. The average Bonchev–Trinajstić information content (AvgIpc) is 1.81. The Kier molecular flexibility index (Phi) is 8060. The van der Waals surface area contributed by atoms with Gasteiger partial charge in [-0.25, -0.2) is 0 Å². The van der Waals surface area contributed by atoms with Crippen molar-refractivity contribution in [2.75, 3.05) is 0 Å². The second-order valence-corrected chi connectivity index (χ2v) is 0. The lowest BCUT2D eigenvalue weighted by Crippen LogP contribution is -0.856. The molecule has 0 atom stereocenters. The molecule has 0 aliphatic heterocycles. The van der Waals surface area contributed by atoms with Crippen LogP contribution >= 0.6 is 0 Å².